The van der Waals surface area contributed by atoms with Crippen molar-refractivity contribution in [3.63, 3.8) is 0 Å². The second kappa shape index (κ2) is 40.4. The van der Waals surface area contributed by atoms with Gasteiger partial charge in [0.25, 0.3) is 0 Å². The standard InChI is InChI=1S/C19H31F3O6.2C18H28F4O6.C17H29F3O4/c1-9-18(8,15(25)28-16(3,4)5)11-17(6,7)14(24)26-10-13(23)27-12(2)19(20,21)22;2*1-8-17(19,14(25)28-15(3,4)5)10-16(6,7)13(24)26-9-12(23)27-11(2)18(20,21)22;1-9-16(8,13(22)24-14(3,4)5)10-15(6,7)12(21)23-11(2)17(18,19)20/h12H,9-11H2,1-8H3;2*11H,8-10H2,1-7H3;11H,9-10H2,1-8H3. The first-order valence-electron chi connectivity index (χ1n) is 34.4. The third-order valence-corrected chi connectivity index (χ3v) is 15.3. The van der Waals surface area contributed by atoms with Crippen LogP contribution in [0.5, 0.6) is 0 Å². The molecule has 0 radical (unpaired) electrons. The molecule has 634 valence electrons. The lowest BCUT2D eigenvalue weighted by Crippen LogP contribution is -2.45. The van der Waals surface area contributed by atoms with Crippen molar-refractivity contribution in [2.75, 3.05) is 19.8 Å². The van der Waals surface area contributed by atoms with Gasteiger partial charge in [-0.1, -0.05) is 27.7 Å². The van der Waals surface area contributed by atoms with E-state index in [4.69, 9.17) is 23.7 Å². The van der Waals surface area contributed by atoms with Crippen LogP contribution < -0.4 is 0 Å². The van der Waals surface area contributed by atoms with Crippen LogP contribution >= 0.6 is 0 Å². The number of esters is 11. The van der Waals surface area contributed by atoms with Crippen LogP contribution in [-0.4, -0.2) is 168 Å². The molecule has 8 unspecified atom stereocenters. The fourth-order valence-corrected chi connectivity index (χ4v) is 8.79. The Morgan fingerprint density at radius 3 is 0.620 bits per heavy atom. The lowest BCUT2D eigenvalue weighted by Gasteiger charge is -2.36. The highest BCUT2D eigenvalue weighted by Crippen LogP contribution is 2.43. The number of halogens is 14. The summed E-state index contributed by atoms with van der Waals surface area (Å²) in [5.74, 6) is -11.3. The maximum absolute atomic E-state index is 15.1. The van der Waals surface area contributed by atoms with Gasteiger partial charge in [0, 0.05) is 12.8 Å². The number of rotatable bonds is 30. The zero-order valence-electron chi connectivity index (χ0n) is 67.9. The number of hydrogen-bond donors (Lipinski definition) is 0. The van der Waals surface area contributed by atoms with E-state index in [-0.39, 0.29) is 25.7 Å². The molecule has 0 rings (SSSR count). The largest absolute Gasteiger partial charge is 0.460 e. The Balaban J connectivity index is -0.000000669. The molecule has 0 bridgehead atoms. The van der Waals surface area contributed by atoms with Crippen LogP contribution in [-0.2, 0) is 105 Å². The van der Waals surface area contributed by atoms with E-state index >= 15 is 8.78 Å². The molecule has 108 heavy (non-hydrogen) atoms. The molecular weight excluding hydrogens is 1480 g/mol. The van der Waals surface area contributed by atoms with Crippen molar-refractivity contribution >= 4 is 65.7 Å². The number of hydrogen-bond acceptors (Lipinski definition) is 22. The average Bonchev–Trinajstić information content (AvgIpc) is 0.822. The first-order chi connectivity index (χ1) is 47.5. The summed E-state index contributed by atoms with van der Waals surface area (Å²) in [6.45, 7) is 40.2. The summed E-state index contributed by atoms with van der Waals surface area (Å²) in [6.07, 6.45) is -28.9. The van der Waals surface area contributed by atoms with Gasteiger partial charge in [-0.3, -0.25) is 28.8 Å². The summed E-state index contributed by atoms with van der Waals surface area (Å²) in [6, 6.07) is 0. The molecule has 0 aliphatic rings. The van der Waals surface area contributed by atoms with Gasteiger partial charge in [0.05, 0.1) is 32.5 Å². The normalized spacial score (nSPS) is 16.2. The van der Waals surface area contributed by atoms with E-state index in [2.05, 4.69) is 28.4 Å². The molecule has 36 heteroatoms. The van der Waals surface area contributed by atoms with Crippen LogP contribution in [0.3, 0.4) is 0 Å². The monoisotopic (exact) mass is 1600 g/mol. The summed E-state index contributed by atoms with van der Waals surface area (Å²) in [5.41, 5.74) is -15.8. The molecule has 0 aromatic carbocycles. The number of carbonyl (C=O) groups is 11. The number of ether oxygens (including phenoxy) is 11. The van der Waals surface area contributed by atoms with Crippen LogP contribution in [0.4, 0.5) is 61.5 Å². The first-order valence-corrected chi connectivity index (χ1v) is 34.4. The molecule has 0 saturated heterocycles. The summed E-state index contributed by atoms with van der Waals surface area (Å²) in [7, 11) is 0. The Morgan fingerprint density at radius 2 is 0.435 bits per heavy atom. The SMILES string of the molecule is CCC(C)(CC(C)(C)C(=O)OC(C)C(F)(F)F)C(=O)OC(C)(C)C.CCC(C)(CC(C)(C)C(=O)OCC(=O)OC(C)C(F)(F)F)C(=O)OC(C)(C)C.CCC(F)(CC(C)(C)C(=O)OCC(=O)OC(C)C(F)(F)F)C(=O)OC(C)(C)C.CCC(F)(CC(C)(C)C(=O)OCC(=O)OC(C)C(F)(F)F)C(=O)OC(C)(C)C. The van der Waals surface area contributed by atoms with E-state index in [1.54, 1.807) is 111 Å². The van der Waals surface area contributed by atoms with E-state index < -0.39 is 214 Å². The fourth-order valence-electron chi connectivity index (χ4n) is 8.79. The molecule has 0 saturated carbocycles. The topological polar surface area (TPSA) is 289 Å². The van der Waals surface area contributed by atoms with Crippen molar-refractivity contribution in [1.82, 2.24) is 0 Å². The minimum Gasteiger partial charge on any atom is -0.460 e. The van der Waals surface area contributed by atoms with Crippen molar-refractivity contribution < 1.29 is 166 Å². The van der Waals surface area contributed by atoms with Gasteiger partial charge < -0.3 is 52.1 Å². The third kappa shape index (κ3) is 41.3. The Bertz CT molecular complexity index is 2740. The van der Waals surface area contributed by atoms with Crippen LogP contribution in [0.2, 0.25) is 0 Å². The Hall–Kier alpha value is -6.81. The smallest absolute Gasteiger partial charge is 0.425 e. The summed E-state index contributed by atoms with van der Waals surface area (Å²) in [4.78, 5) is 132. The van der Waals surface area contributed by atoms with Gasteiger partial charge in [0.2, 0.25) is 11.3 Å². The molecule has 0 fully saturated rings. The van der Waals surface area contributed by atoms with Gasteiger partial charge >= 0.3 is 90.4 Å². The molecular formula is C72H116F14O22. The molecule has 0 aliphatic heterocycles. The maximum atomic E-state index is 15.1. The van der Waals surface area contributed by atoms with E-state index in [1.807, 2.05) is 0 Å². The predicted octanol–water partition coefficient (Wildman–Crippen LogP) is 16.7. The molecule has 0 aromatic rings. The maximum Gasteiger partial charge on any atom is 0.425 e. The molecule has 0 N–H and O–H groups in total. The predicted molar refractivity (Wildman–Crippen MR) is 361 cm³/mol. The van der Waals surface area contributed by atoms with Gasteiger partial charge in [0.15, 0.2) is 44.2 Å². The molecule has 0 aromatic heterocycles. The average molecular weight is 1600 g/mol. The van der Waals surface area contributed by atoms with Gasteiger partial charge in [-0.15, -0.1) is 0 Å². The third-order valence-electron chi connectivity index (χ3n) is 15.3. The van der Waals surface area contributed by atoms with Crippen LogP contribution in [0.15, 0.2) is 0 Å². The van der Waals surface area contributed by atoms with Crippen LogP contribution in [0.1, 0.15) is 259 Å². The summed E-state index contributed by atoms with van der Waals surface area (Å²) < 4.78 is 231. The zero-order chi connectivity index (χ0) is 87.2. The van der Waals surface area contributed by atoms with Gasteiger partial charge in [-0.05, 0) is 219 Å². The molecule has 0 amide bonds. The summed E-state index contributed by atoms with van der Waals surface area (Å²) in [5, 5.41) is 0. The lowest BCUT2D eigenvalue weighted by atomic mass is 9.72. The van der Waals surface area contributed by atoms with Crippen molar-refractivity contribution in [3.8, 4) is 0 Å². The second-order valence-electron chi connectivity index (χ2n) is 33.1. The van der Waals surface area contributed by atoms with Gasteiger partial charge in [-0.25, -0.2) is 32.8 Å². The highest BCUT2D eigenvalue weighted by molar-refractivity contribution is 5.86. The quantitative estimate of drug-likeness (QED) is 0.0367. The molecule has 22 nitrogen and oxygen atoms in total. The van der Waals surface area contributed by atoms with E-state index in [9.17, 15) is 105 Å². The highest BCUT2D eigenvalue weighted by Gasteiger charge is 2.52. The minimum absolute atomic E-state index is 0.0226. The Kier molecular flexibility index (Phi) is 40.2. The van der Waals surface area contributed by atoms with Crippen molar-refractivity contribution in [1.29, 1.82) is 0 Å². The van der Waals surface area contributed by atoms with Crippen molar-refractivity contribution in [2.24, 2.45) is 32.5 Å². The van der Waals surface area contributed by atoms with Gasteiger partial charge in [0.1, 0.15) is 22.4 Å². The Morgan fingerprint density at radius 1 is 0.250 bits per heavy atom. The fraction of sp³-hybridized carbons (Fsp3) is 0.847. The van der Waals surface area contributed by atoms with Crippen LogP contribution in [0.25, 0.3) is 0 Å². The van der Waals surface area contributed by atoms with Crippen molar-refractivity contribution in [3.05, 3.63) is 0 Å². The van der Waals surface area contributed by atoms with E-state index in [0.717, 1.165) is 6.92 Å². The molecule has 0 heterocycles. The number of carbonyl (C=O) groups excluding carboxylic acids is 11. The van der Waals surface area contributed by atoms with Crippen molar-refractivity contribution in [2.45, 2.75) is 342 Å². The molecule has 0 aliphatic carbocycles. The molecule has 8 atom stereocenters. The number of alkyl halides is 14. The second-order valence-corrected chi connectivity index (χ2v) is 33.1. The van der Waals surface area contributed by atoms with E-state index in [0.29, 0.717) is 33.6 Å². The molecule has 0 spiro atoms. The highest BCUT2D eigenvalue weighted by atomic mass is 19.4. The first kappa shape index (κ1) is 108. The summed E-state index contributed by atoms with van der Waals surface area (Å²) >= 11 is 0. The van der Waals surface area contributed by atoms with Gasteiger partial charge in [-0.2, -0.15) is 52.7 Å². The minimum atomic E-state index is -4.75. The van der Waals surface area contributed by atoms with Crippen LogP contribution in [0, 0.1) is 32.5 Å². The zero-order valence-corrected chi connectivity index (χ0v) is 67.9. The Labute approximate surface area is 624 Å². The van der Waals surface area contributed by atoms with E-state index in [1.165, 1.54) is 69.2 Å². The lowest BCUT2D eigenvalue weighted by molar-refractivity contribution is -0.222.